The quantitative estimate of drug-likeness (QED) is 0.674. The predicted octanol–water partition coefficient (Wildman–Crippen LogP) is 2.38. The summed E-state index contributed by atoms with van der Waals surface area (Å²) < 4.78 is 1.60. The minimum atomic E-state index is -0.102. The first-order chi connectivity index (χ1) is 9.20. The predicted molar refractivity (Wildman–Crippen MR) is 69.3 cm³/mol. The van der Waals surface area contributed by atoms with Gasteiger partial charge in [-0.3, -0.25) is 0 Å². The van der Waals surface area contributed by atoms with Gasteiger partial charge in [-0.05, 0) is 18.6 Å². The zero-order valence-corrected chi connectivity index (χ0v) is 10.1. The van der Waals surface area contributed by atoms with Crippen molar-refractivity contribution in [2.24, 2.45) is 0 Å². The highest BCUT2D eigenvalue weighted by Gasteiger charge is 2.12. The molecule has 0 radical (unpaired) electrons. The lowest BCUT2D eigenvalue weighted by Gasteiger charge is -2.07. The van der Waals surface area contributed by atoms with Gasteiger partial charge in [-0.1, -0.05) is 12.1 Å². The van der Waals surface area contributed by atoms with Crippen LogP contribution >= 0.6 is 0 Å². The fraction of sp³-hybridized carbons (Fsp3) is 0.0769. The number of hydrogen-bond donors (Lipinski definition) is 1. The van der Waals surface area contributed by atoms with Crippen LogP contribution in [0.25, 0.3) is 21.6 Å². The molecule has 6 nitrogen and oxygen atoms in total. The van der Waals surface area contributed by atoms with Crippen molar-refractivity contribution in [1.82, 2.24) is 19.7 Å². The Morgan fingerprint density at radius 3 is 2.95 bits per heavy atom. The molecule has 0 aliphatic heterocycles. The van der Waals surface area contributed by atoms with E-state index in [1.165, 1.54) is 12.5 Å². The number of aromatic nitrogens is 4. The largest absolute Gasteiger partial charge is 0.493 e. The van der Waals surface area contributed by atoms with Gasteiger partial charge in [0.1, 0.15) is 11.7 Å². The molecule has 1 N–H and O–H groups in total. The number of rotatable bonds is 1. The topological polar surface area (TPSA) is 68.2 Å². The summed E-state index contributed by atoms with van der Waals surface area (Å²) in [5, 5.41) is 14.3. The van der Waals surface area contributed by atoms with Crippen molar-refractivity contribution < 1.29 is 5.11 Å². The van der Waals surface area contributed by atoms with Gasteiger partial charge in [-0.25, -0.2) is 19.5 Å². The van der Waals surface area contributed by atoms with Crippen LogP contribution in [0.3, 0.4) is 0 Å². The number of aromatic hydroxyl groups is 1. The van der Waals surface area contributed by atoms with E-state index in [9.17, 15) is 5.11 Å². The Hall–Kier alpha value is -2.94. The third-order valence-electron chi connectivity index (χ3n) is 2.89. The fourth-order valence-corrected chi connectivity index (χ4v) is 1.90. The van der Waals surface area contributed by atoms with Crippen LogP contribution in [0.4, 0.5) is 5.69 Å². The van der Waals surface area contributed by atoms with Gasteiger partial charge in [0.2, 0.25) is 5.88 Å². The van der Waals surface area contributed by atoms with E-state index >= 15 is 0 Å². The minimum absolute atomic E-state index is 0.102. The molecule has 6 heteroatoms. The van der Waals surface area contributed by atoms with Crippen molar-refractivity contribution in [2.45, 2.75) is 6.92 Å². The smallest absolute Gasteiger partial charge is 0.225 e. The van der Waals surface area contributed by atoms with E-state index in [0.717, 1.165) is 11.3 Å². The SMILES string of the molecule is [C-]#[N+]c1ccc(C)c(-n2ncc3c(O)ncnc32)c1. The summed E-state index contributed by atoms with van der Waals surface area (Å²) in [6, 6.07) is 5.36. The van der Waals surface area contributed by atoms with E-state index in [0.29, 0.717) is 16.7 Å². The second kappa shape index (κ2) is 4.07. The van der Waals surface area contributed by atoms with Gasteiger partial charge in [0.05, 0.1) is 18.5 Å². The zero-order valence-electron chi connectivity index (χ0n) is 10.1. The summed E-state index contributed by atoms with van der Waals surface area (Å²) in [5.41, 5.74) is 2.78. The molecule has 0 saturated carbocycles. The fourth-order valence-electron chi connectivity index (χ4n) is 1.90. The molecule has 0 atom stereocenters. The first-order valence-electron chi connectivity index (χ1n) is 5.57. The van der Waals surface area contributed by atoms with Crippen LogP contribution < -0.4 is 0 Å². The first kappa shape index (κ1) is 11.2. The molecule has 19 heavy (non-hydrogen) atoms. The van der Waals surface area contributed by atoms with E-state index in [1.807, 2.05) is 13.0 Å². The highest BCUT2D eigenvalue weighted by Crippen LogP contribution is 2.26. The highest BCUT2D eigenvalue weighted by atomic mass is 16.3. The van der Waals surface area contributed by atoms with Gasteiger partial charge >= 0.3 is 0 Å². The van der Waals surface area contributed by atoms with Gasteiger partial charge in [0.25, 0.3) is 0 Å². The van der Waals surface area contributed by atoms with Crippen LogP contribution in [0.1, 0.15) is 5.56 Å². The Balaban J connectivity index is 2.31. The second-order valence-corrected chi connectivity index (χ2v) is 4.07. The molecule has 2 heterocycles. The summed E-state index contributed by atoms with van der Waals surface area (Å²) in [4.78, 5) is 11.2. The summed E-state index contributed by atoms with van der Waals surface area (Å²) in [5.74, 6) is -0.102. The zero-order chi connectivity index (χ0) is 13.4. The molecule has 1 aromatic carbocycles. The van der Waals surface area contributed by atoms with Gasteiger partial charge in [-0.15, -0.1) is 0 Å². The van der Waals surface area contributed by atoms with Crippen LogP contribution in [0.2, 0.25) is 0 Å². The maximum atomic E-state index is 9.65. The van der Waals surface area contributed by atoms with Gasteiger partial charge in [-0.2, -0.15) is 5.10 Å². The standard InChI is InChI=1S/C13H9N5O/c1-8-3-4-9(14-2)5-11(8)18-12-10(6-17-18)13(19)16-7-15-12/h3-7H,1H3,(H,15,16,19). The Morgan fingerprint density at radius 1 is 1.32 bits per heavy atom. The molecule has 3 rings (SSSR count). The van der Waals surface area contributed by atoms with Crippen molar-refractivity contribution in [1.29, 1.82) is 0 Å². The molecule has 0 unspecified atom stereocenters. The molecular weight excluding hydrogens is 242 g/mol. The first-order valence-corrected chi connectivity index (χ1v) is 5.57. The third kappa shape index (κ3) is 1.68. The van der Waals surface area contributed by atoms with Crippen molar-refractivity contribution in [3.63, 3.8) is 0 Å². The minimum Gasteiger partial charge on any atom is -0.493 e. The number of hydrogen-bond acceptors (Lipinski definition) is 4. The normalized spacial score (nSPS) is 10.5. The summed E-state index contributed by atoms with van der Waals surface area (Å²) in [6.07, 6.45) is 2.79. The van der Waals surface area contributed by atoms with Crippen molar-refractivity contribution in [2.75, 3.05) is 0 Å². The van der Waals surface area contributed by atoms with Gasteiger partial charge in [0.15, 0.2) is 11.3 Å². The molecule has 0 aliphatic carbocycles. The highest BCUT2D eigenvalue weighted by molar-refractivity contribution is 5.81. The molecule has 0 bridgehead atoms. The number of nitrogens with zero attached hydrogens (tertiary/aromatic N) is 5. The lowest BCUT2D eigenvalue weighted by molar-refractivity contribution is 0.459. The molecule has 3 aromatic rings. The molecule has 0 saturated heterocycles. The molecule has 0 spiro atoms. The summed E-state index contributed by atoms with van der Waals surface area (Å²) >= 11 is 0. The van der Waals surface area contributed by atoms with Gasteiger partial charge < -0.3 is 5.11 Å². The lowest BCUT2D eigenvalue weighted by atomic mass is 10.2. The molecule has 0 aliphatic rings. The van der Waals surface area contributed by atoms with Crippen LogP contribution in [0, 0.1) is 13.5 Å². The van der Waals surface area contributed by atoms with Crippen LogP contribution in [0.15, 0.2) is 30.7 Å². The average molecular weight is 251 g/mol. The lowest BCUT2D eigenvalue weighted by Crippen LogP contribution is -2.00. The van der Waals surface area contributed by atoms with Crippen LogP contribution in [-0.2, 0) is 0 Å². The Kier molecular flexibility index (Phi) is 2.39. The average Bonchev–Trinajstić information content (AvgIpc) is 2.85. The van der Waals surface area contributed by atoms with Gasteiger partial charge in [0, 0.05) is 0 Å². The number of fused-ring (bicyclic) bond motifs is 1. The Morgan fingerprint density at radius 2 is 2.16 bits per heavy atom. The Bertz CT molecular complexity index is 816. The molecular formula is C13H9N5O. The Labute approximate surface area is 108 Å². The second-order valence-electron chi connectivity index (χ2n) is 4.07. The molecule has 0 amide bonds. The monoisotopic (exact) mass is 251 g/mol. The van der Waals surface area contributed by atoms with E-state index in [2.05, 4.69) is 19.9 Å². The van der Waals surface area contributed by atoms with Crippen molar-refractivity contribution in [3.8, 4) is 11.6 Å². The summed E-state index contributed by atoms with van der Waals surface area (Å²) in [6.45, 7) is 8.99. The van der Waals surface area contributed by atoms with Crippen LogP contribution in [-0.4, -0.2) is 24.9 Å². The van der Waals surface area contributed by atoms with E-state index < -0.39 is 0 Å². The number of benzene rings is 1. The third-order valence-corrected chi connectivity index (χ3v) is 2.89. The van der Waals surface area contributed by atoms with Crippen molar-refractivity contribution in [3.05, 3.63) is 47.7 Å². The van der Waals surface area contributed by atoms with Crippen LogP contribution in [0.5, 0.6) is 5.88 Å². The summed E-state index contributed by atoms with van der Waals surface area (Å²) in [7, 11) is 0. The molecule has 92 valence electrons. The van der Waals surface area contributed by atoms with Crippen molar-refractivity contribution >= 4 is 16.7 Å². The van der Waals surface area contributed by atoms with E-state index in [4.69, 9.17) is 6.57 Å². The maximum absolute atomic E-state index is 9.65. The van der Waals surface area contributed by atoms with E-state index in [-0.39, 0.29) is 5.88 Å². The molecule has 0 fully saturated rings. The molecule has 2 aromatic heterocycles. The van der Waals surface area contributed by atoms with E-state index in [1.54, 1.807) is 16.8 Å². The number of aryl methyl sites for hydroxylation is 1. The maximum Gasteiger partial charge on any atom is 0.225 e.